The van der Waals surface area contributed by atoms with Crippen LogP contribution >= 0.6 is 23.2 Å². The highest BCUT2D eigenvalue weighted by atomic mass is 35.5. The first-order chi connectivity index (χ1) is 11.6. The van der Waals surface area contributed by atoms with Gasteiger partial charge in [-0.3, -0.25) is 4.79 Å². The maximum absolute atomic E-state index is 12.2. The van der Waals surface area contributed by atoms with Crippen molar-refractivity contribution in [2.45, 2.75) is 6.73 Å². The summed E-state index contributed by atoms with van der Waals surface area (Å²) in [6.45, 7) is 0.207. The minimum absolute atomic E-state index is 0.207. The van der Waals surface area contributed by atoms with E-state index in [1.54, 1.807) is 30.5 Å². The maximum Gasteiger partial charge on any atom is 0.276 e. The number of ether oxygens (including phenoxy) is 1. The second-order valence-corrected chi connectivity index (χ2v) is 5.75. The summed E-state index contributed by atoms with van der Waals surface area (Å²) >= 11 is 11.9. The van der Waals surface area contributed by atoms with Crippen LogP contribution in [0.1, 0.15) is 10.5 Å². The van der Waals surface area contributed by atoms with Gasteiger partial charge in [-0.15, -0.1) is 0 Å². The first kappa shape index (κ1) is 16.4. The molecule has 3 aromatic rings. The third kappa shape index (κ3) is 4.07. The number of anilines is 1. The van der Waals surface area contributed by atoms with Crippen molar-refractivity contribution in [3.63, 3.8) is 0 Å². The molecule has 2 aromatic carbocycles. The molecule has 7 heteroatoms. The van der Waals surface area contributed by atoms with Gasteiger partial charge in [0.05, 0.1) is 10.7 Å². The van der Waals surface area contributed by atoms with Crippen LogP contribution in [0.2, 0.25) is 10.0 Å². The van der Waals surface area contributed by atoms with Gasteiger partial charge in [-0.2, -0.15) is 5.10 Å². The monoisotopic (exact) mass is 361 g/mol. The second-order valence-electron chi connectivity index (χ2n) is 4.91. The van der Waals surface area contributed by atoms with Gasteiger partial charge in [0.15, 0.2) is 12.4 Å². The van der Waals surface area contributed by atoms with Gasteiger partial charge in [0, 0.05) is 11.2 Å². The molecule has 0 fully saturated rings. The molecule has 5 nitrogen and oxygen atoms in total. The molecule has 0 radical (unpaired) electrons. The quantitative estimate of drug-likeness (QED) is 0.728. The Labute approximate surface area is 148 Å². The van der Waals surface area contributed by atoms with Gasteiger partial charge in [0.25, 0.3) is 5.91 Å². The Balaban J connectivity index is 1.63. The van der Waals surface area contributed by atoms with Crippen molar-refractivity contribution in [3.8, 4) is 5.75 Å². The van der Waals surface area contributed by atoms with Crippen LogP contribution in [0.25, 0.3) is 0 Å². The summed E-state index contributed by atoms with van der Waals surface area (Å²) in [5.74, 6) is 0.365. The number of hydrogen-bond donors (Lipinski definition) is 1. The standard InChI is InChI=1S/C17H13Cl2N3O2/c18-12-6-7-15(14(19)10-12)20-17(23)16-8-9-22(21-16)11-24-13-4-2-1-3-5-13/h1-10H,11H2,(H,20,23). The molecule has 0 saturated heterocycles. The van der Waals surface area contributed by atoms with Gasteiger partial charge in [0.1, 0.15) is 5.75 Å². The lowest BCUT2D eigenvalue weighted by molar-refractivity contribution is 0.102. The molecular formula is C17H13Cl2N3O2. The van der Waals surface area contributed by atoms with Crippen molar-refractivity contribution >= 4 is 34.8 Å². The van der Waals surface area contributed by atoms with Crippen molar-refractivity contribution in [1.29, 1.82) is 0 Å². The van der Waals surface area contributed by atoms with Crippen molar-refractivity contribution in [1.82, 2.24) is 9.78 Å². The molecule has 0 spiro atoms. The smallest absolute Gasteiger partial charge is 0.276 e. The maximum atomic E-state index is 12.2. The van der Waals surface area contributed by atoms with E-state index in [4.69, 9.17) is 27.9 Å². The Hall–Kier alpha value is -2.50. The summed E-state index contributed by atoms with van der Waals surface area (Å²) in [5, 5.41) is 7.74. The van der Waals surface area contributed by atoms with E-state index in [1.807, 2.05) is 30.3 Å². The zero-order chi connectivity index (χ0) is 16.9. The average Bonchev–Trinajstić information content (AvgIpc) is 3.05. The van der Waals surface area contributed by atoms with E-state index in [1.165, 1.54) is 4.68 Å². The molecule has 0 aliphatic rings. The van der Waals surface area contributed by atoms with E-state index in [9.17, 15) is 4.79 Å². The number of benzene rings is 2. The molecule has 0 bridgehead atoms. The van der Waals surface area contributed by atoms with E-state index in [0.29, 0.717) is 15.7 Å². The van der Waals surface area contributed by atoms with Gasteiger partial charge in [-0.1, -0.05) is 41.4 Å². The predicted molar refractivity (Wildman–Crippen MR) is 93.7 cm³/mol. The van der Waals surface area contributed by atoms with E-state index < -0.39 is 0 Å². The van der Waals surface area contributed by atoms with Gasteiger partial charge in [-0.25, -0.2) is 4.68 Å². The highest BCUT2D eigenvalue weighted by molar-refractivity contribution is 6.36. The highest BCUT2D eigenvalue weighted by Crippen LogP contribution is 2.25. The number of aromatic nitrogens is 2. The summed E-state index contributed by atoms with van der Waals surface area (Å²) in [4.78, 5) is 12.2. The first-order valence-corrected chi connectivity index (χ1v) is 7.85. The minimum atomic E-state index is -0.363. The molecule has 122 valence electrons. The molecule has 0 atom stereocenters. The largest absolute Gasteiger partial charge is 0.471 e. The Morgan fingerprint density at radius 1 is 1.12 bits per heavy atom. The number of amides is 1. The van der Waals surface area contributed by atoms with Gasteiger partial charge >= 0.3 is 0 Å². The number of hydrogen-bond acceptors (Lipinski definition) is 3. The van der Waals surface area contributed by atoms with Crippen molar-refractivity contribution in [3.05, 3.63) is 76.5 Å². The summed E-state index contributed by atoms with van der Waals surface area (Å²) in [5.41, 5.74) is 0.735. The van der Waals surface area contributed by atoms with Crippen molar-refractivity contribution < 1.29 is 9.53 Å². The number of nitrogens with one attached hydrogen (secondary N) is 1. The van der Waals surface area contributed by atoms with Gasteiger partial charge in [0.2, 0.25) is 0 Å². The summed E-state index contributed by atoms with van der Waals surface area (Å²) in [6, 6.07) is 15.8. The van der Waals surface area contributed by atoms with Crippen LogP contribution in [0, 0.1) is 0 Å². The fourth-order valence-electron chi connectivity index (χ4n) is 1.99. The van der Waals surface area contributed by atoms with Crippen LogP contribution in [0.5, 0.6) is 5.75 Å². The predicted octanol–water partition coefficient (Wildman–Crippen LogP) is 4.48. The third-order valence-electron chi connectivity index (χ3n) is 3.16. The van der Waals surface area contributed by atoms with Crippen LogP contribution in [-0.2, 0) is 6.73 Å². The molecule has 1 aromatic heterocycles. The zero-order valence-electron chi connectivity index (χ0n) is 12.4. The molecule has 0 aliphatic heterocycles. The van der Waals surface area contributed by atoms with Crippen LogP contribution in [0.4, 0.5) is 5.69 Å². The summed E-state index contributed by atoms with van der Waals surface area (Å²) < 4.78 is 7.10. The fourth-order valence-corrected chi connectivity index (χ4v) is 2.45. The Bertz CT molecular complexity index is 850. The SMILES string of the molecule is O=C(Nc1ccc(Cl)cc1Cl)c1ccn(COc2ccccc2)n1. The van der Waals surface area contributed by atoms with Crippen LogP contribution in [0.15, 0.2) is 60.8 Å². The molecule has 0 unspecified atom stereocenters. The average molecular weight is 362 g/mol. The number of nitrogens with zero attached hydrogens (tertiary/aromatic N) is 2. The fraction of sp³-hybridized carbons (Fsp3) is 0.0588. The number of carbonyl (C=O) groups excluding carboxylic acids is 1. The Kier molecular flexibility index (Phi) is 5.03. The van der Waals surface area contributed by atoms with E-state index in [0.717, 1.165) is 5.75 Å². The molecule has 0 saturated carbocycles. The van der Waals surface area contributed by atoms with E-state index >= 15 is 0 Å². The molecule has 1 N–H and O–H groups in total. The Morgan fingerprint density at radius 3 is 2.67 bits per heavy atom. The summed E-state index contributed by atoms with van der Waals surface area (Å²) in [6.07, 6.45) is 1.67. The first-order valence-electron chi connectivity index (χ1n) is 7.09. The molecule has 24 heavy (non-hydrogen) atoms. The van der Waals surface area contributed by atoms with Gasteiger partial charge < -0.3 is 10.1 Å². The van der Waals surface area contributed by atoms with Crippen LogP contribution in [-0.4, -0.2) is 15.7 Å². The number of halogens is 2. The second kappa shape index (κ2) is 7.38. The minimum Gasteiger partial charge on any atom is -0.471 e. The van der Waals surface area contributed by atoms with E-state index in [2.05, 4.69) is 10.4 Å². The lowest BCUT2D eigenvalue weighted by Gasteiger charge is -2.06. The zero-order valence-corrected chi connectivity index (χ0v) is 14.0. The summed E-state index contributed by atoms with van der Waals surface area (Å²) in [7, 11) is 0. The molecule has 1 heterocycles. The van der Waals surface area contributed by atoms with Crippen LogP contribution in [0.3, 0.4) is 0 Å². The third-order valence-corrected chi connectivity index (χ3v) is 3.71. The Morgan fingerprint density at radius 2 is 1.92 bits per heavy atom. The molecule has 3 rings (SSSR count). The molecule has 1 amide bonds. The van der Waals surface area contributed by atoms with Crippen LogP contribution < -0.4 is 10.1 Å². The highest BCUT2D eigenvalue weighted by Gasteiger charge is 2.12. The number of para-hydroxylation sites is 1. The lowest BCUT2D eigenvalue weighted by atomic mass is 10.3. The van der Waals surface area contributed by atoms with E-state index in [-0.39, 0.29) is 18.3 Å². The molecular weight excluding hydrogens is 349 g/mol. The van der Waals surface area contributed by atoms with Gasteiger partial charge in [-0.05, 0) is 36.4 Å². The topological polar surface area (TPSA) is 56.2 Å². The molecule has 0 aliphatic carbocycles. The van der Waals surface area contributed by atoms with Crippen molar-refractivity contribution in [2.75, 3.05) is 5.32 Å². The lowest BCUT2D eigenvalue weighted by Crippen LogP contribution is -2.14. The number of carbonyl (C=O) groups is 1. The number of rotatable bonds is 5. The normalized spacial score (nSPS) is 10.4. The van der Waals surface area contributed by atoms with Crippen molar-refractivity contribution in [2.24, 2.45) is 0 Å².